The summed E-state index contributed by atoms with van der Waals surface area (Å²) in [6.45, 7) is -0.687. The number of rotatable bonds is 4. The summed E-state index contributed by atoms with van der Waals surface area (Å²) >= 11 is 0. The predicted octanol–water partition coefficient (Wildman–Crippen LogP) is 2.77. The molecule has 0 aliphatic heterocycles. The molecule has 1 heterocycles. The standard InChI is InChI=1S/C12H12F5NO2/c13-2-1-3-20-8-5-18-11(12(15,16)17)9-6(8)4-7(14)10(9)19/h5,7,10,19H,1-4H2/t7-,10-/m1/s1. The highest BCUT2D eigenvalue weighted by Gasteiger charge is 2.44. The summed E-state index contributed by atoms with van der Waals surface area (Å²) < 4.78 is 68.9. The lowest BCUT2D eigenvalue weighted by atomic mass is 10.1. The zero-order valence-corrected chi connectivity index (χ0v) is 10.3. The van der Waals surface area contributed by atoms with Gasteiger partial charge in [-0.25, -0.2) is 9.37 Å². The van der Waals surface area contributed by atoms with Crippen molar-refractivity contribution < 1.29 is 31.8 Å². The number of aliphatic hydroxyl groups excluding tert-OH is 1. The van der Waals surface area contributed by atoms with Crippen LogP contribution in [-0.2, 0) is 12.6 Å². The van der Waals surface area contributed by atoms with Crippen LogP contribution in [0.2, 0.25) is 0 Å². The number of fused-ring (bicyclic) bond motifs is 1. The molecule has 0 saturated heterocycles. The smallest absolute Gasteiger partial charge is 0.433 e. The van der Waals surface area contributed by atoms with Gasteiger partial charge in [-0.1, -0.05) is 0 Å². The first kappa shape index (κ1) is 15.0. The van der Waals surface area contributed by atoms with E-state index in [0.717, 1.165) is 6.20 Å². The van der Waals surface area contributed by atoms with E-state index in [-0.39, 0.29) is 30.8 Å². The van der Waals surface area contributed by atoms with Gasteiger partial charge in [-0.15, -0.1) is 0 Å². The molecule has 20 heavy (non-hydrogen) atoms. The maximum atomic E-state index is 13.5. The predicted molar refractivity (Wildman–Crippen MR) is 58.9 cm³/mol. The number of aliphatic hydroxyl groups is 1. The van der Waals surface area contributed by atoms with Gasteiger partial charge in [0.2, 0.25) is 0 Å². The molecule has 0 aromatic carbocycles. The first-order valence-electron chi connectivity index (χ1n) is 5.96. The van der Waals surface area contributed by atoms with Crippen molar-refractivity contribution in [1.82, 2.24) is 4.98 Å². The number of alkyl halides is 5. The molecule has 0 radical (unpaired) electrons. The second-order valence-electron chi connectivity index (χ2n) is 4.42. The molecule has 0 unspecified atom stereocenters. The summed E-state index contributed by atoms with van der Waals surface area (Å²) in [5.41, 5.74) is -1.94. The number of halogens is 5. The van der Waals surface area contributed by atoms with Gasteiger partial charge in [-0.3, -0.25) is 4.39 Å². The van der Waals surface area contributed by atoms with Crippen molar-refractivity contribution >= 4 is 0 Å². The maximum absolute atomic E-state index is 13.5. The van der Waals surface area contributed by atoms with Crippen molar-refractivity contribution in [2.45, 2.75) is 31.3 Å². The van der Waals surface area contributed by atoms with E-state index in [4.69, 9.17) is 4.74 Å². The maximum Gasteiger partial charge on any atom is 0.433 e. The van der Waals surface area contributed by atoms with Gasteiger partial charge in [-0.2, -0.15) is 13.2 Å². The molecule has 1 aromatic heterocycles. The molecule has 112 valence electrons. The van der Waals surface area contributed by atoms with Gasteiger partial charge in [0.05, 0.1) is 19.5 Å². The van der Waals surface area contributed by atoms with Crippen LogP contribution in [0.15, 0.2) is 6.20 Å². The van der Waals surface area contributed by atoms with Gasteiger partial charge in [0.1, 0.15) is 18.0 Å². The van der Waals surface area contributed by atoms with Crippen LogP contribution in [-0.4, -0.2) is 29.5 Å². The molecule has 0 saturated carbocycles. The van der Waals surface area contributed by atoms with Crippen molar-refractivity contribution in [3.8, 4) is 5.75 Å². The molecule has 1 aliphatic rings. The van der Waals surface area contributed by atoms with Crippen LogP contribution >= 0.6 is 0 Å². The van der Waals surface area contributed by atoms with Crippen molar-refractivity contribution in [1.29, 1.82) is 0 Å². The molecular formula is C12H12F5NO2. The average Bonchev–Trinajstić information content (AvgIpc) is 2.66. The van der Waals surface area contributed by atoms with Crippen LogP contribution < -0.4 is 4.74 Å². The normalized spacial score (nSPS) is 21.9. The summed E-state index contributed by atoms with van der Waals surface area (Å²) in [4.78, 5) is 3.21. The van der Waals surface area contributed by atoms with Gasteiger partial charge in [0.15, 0.2) is 5.69 Å². The SMILES string of the molecule is O[C@H]1c2c(C(F)(F)F)ncc(OCCCF)c2C[C@H]1F. The average molecular weight is 297 g/mol. The highest BCUT2D eigenvalue weighted by atomic mass is 19.4. The third-order valence-corrected chi connectivity index (χ3v) is 3.03. The lowest BCUT2D eigenvalue weighted by molar-refractivity contribution is -0.143. The quantitative estimate of drug-likeness (QED) is 0.686. The molecular weight excluding hydrogens is 285 g/mol. The van der Waals surface area contributed by atoms with Crippen molar-refractivity contribution in [2.24, 2.45) is 0 Å². The Labute approximate surface area is 111 Å². The Bertz CT molecular complexity index is 491. The van der Waals surface area contributed by atoms with Gasteiger partial charge in [0.25, 0.3) is 0 Å². The minimum absolute atomic E-state index is 0.0411. The van der Waals surface area contributed by atoms with Gasteiger partial charge >= 0.3 is 6.18 Å². The lowest BCUT2D eigenvalue weighted by Gasteiger charge is -2.16. The zero-order chi connectivity index (χ0) is 14.9. The van der Waals surface area contributed by atoms with Crippen molar-refractivity contribution in [2.75, 3.05) is 13.3 Å². The molecule has 3 nitrogen and oxygen atoms in total. The van der Waals surface area contributed by atoms with Crippen LogP contribution in [0.4, 0.5) is 22.0 Å². The second kappa shape index (κ2) is 5.51. The Hall–Kier alpha value is -1.44. The van der Waals surface area contributed by atoms with Gasteiger partial charge in [0, 0.05) is 24.0 Å². The second-order valence-corrected chi connectivity index (χ2v) is 4.42. The molecule has 1 aliphatic carbocycles. The minimum atomic E-state index is -4.79. The van der Waals surface area contributed by atoms with Gasteiger partial charge < -0.3 is 9.84 Å². The van der Waals surface area contributed by atoms with E-state index >= 15 is 0 Å². The fourth-order valence-electron chi connectivity index (χ4n) is 2.15. The monoisotopic (exact) mass is 297 g/mol. The van der Waals surface area contributed by atoms with Crippen LogP contribution in [0.5, 0.6) is 5.75 Å². The summed E-state index contributed by atoms with van der Waals surface area (Å²) in [7, 11) is 0. The van der Waals surface area contributed by atoms with Crippen LogP contribution in [0.25, 0.3) is 0 Å². The van der Waals surface area contributed by atoms with Crippen molar-refractivity contribution in [3.05, 3.63) is 23.0 Å². The number of pyridine rings is 1. The van der Waals surface area contributed by atoms with Crippen LogP contribution in [0, 0.1) is 0 Å². The highest BCUT2D eigenvalue weighted by molar-refractivity contribution is 5.47. The lowest BCUT2D eigenvalue weighted by Crippen LogP contribution is -2.16. The fourth-order valence-corrected chi connectivity index (χ4v) is 2.15. The first-order chi connectivity index (χ1) is 9.36. The van der Waals surface area contributed by atoms with Crippen molar-refractivity contribution in [3.63, 3.8) is 0 Å². The Morgan fingerprint density at radius 2 is 2.10 bits per heavy atom. The van der Waals surface area contributed by atoms with Crippen LogP contribution in [0.3, 0.4) is 0 Å². The number of hydrogen-bond acceptors (Lipinski definition) is 3. The Kier molecular flexibility index (Phi) is 4.12. The summed E-state index contributed by atoms with van der Waals surface area (Å²) in [6.07, 6.45) is -7.97. The molecule has 0 fully saturated rings. The number of hydrogen-bond donors (Lipinski definition) is 1. The molecule has 0 bridgehead atoms. The summed E-state index contributed by atoms with van der Waals surface area (Å²) in [6, 6.07) is 0. The Balaban J connectivity index is 2.40. The Morgan fingerprint density at radius 1 is 1.40 bits per heavy atom. The molecule has 2 atom stereocenters. The van der Waals surface area contributed by atoms with Crippen LogP contribution in [0.1, 0.15) is 29.3 Å². The summed E-state index contributed by atoms with van der Waals surface area (Å²) in [5.74, 6) is -0.0411. The third kappa shape index (κ3) is 2.70. The number of ether oxygens (including phenoxy) is 1. The van der Waals surface area contributed by atoms with E-state index in [0.29, 0.717) is 0 Å². The number of aromatic nitrogens is 1. The molecule has 8 heteroatoms. The van der Waals surface area contributed by atoms with E-state index in [1.807, 2.05) is 0 Å². The molecule has 1 N–H and O–H groups in total. The summed E-state index contributed by atoms with van der Waals surface area (Å²) in [5, 5.41) is 9.56. The molecule has 0 spiro atoms. The van der Waals surface area contributed by atoms with E-state index in [1.54, 1.807) is 0 Å². The molecule has 1 aromatic rings. The van der Waals surface area contributed by atoms with E-state index in [2.05, 4.69) is 4.98 Å². The number of nitrogens with zero attached hydrogens (tertiary/aromatic N) is 1. The first-order valence-corrected chi connectivity index (χ1v) is 5.96. The highest BCUT2D eigenvalue weighted by Crippen LogP contribution is 2.44. The van der Waals surface area contributed by atoms with Gasteiger partial charge in [-0.05, 0) is 0 Å². The Morgan fingerprint density at radius 3 is 2.70 bits per heavy atom. The van der Waals surface area contributed by atoms with E-state index in [1.165, 1.54) is 0 Å². The zero-order valence-electron chi connectivity index (χ0n) is 10.3. The topological polar surface area (TPSA) is 42.4 Å². The van der Waals surface area contributed by atoms with E-state index < -0.39 is 36.4 Å². The molecule has 2 rings (SSSR count). The largest absolute Gasteiger partial charge is 0.492 e. The third-order valence-electron chi connectivity index (χ3n) is 3.03. The fraction of sp³-hybridized carbons (Fsp3) is 0.583. The van der Waals surface area contributed by atoms with E-state index in [9.17, 15) is 27.1 Å². The minimum Gasteiger partial charge on any atom is -0.492 e. The molecule has 0 amide bonds.